The van der Waals surface area contributed by atoms with Gasteiger partial charge in [-0.25, -0.2) is 0 Å². The first kappa shape index (κ1) is 20.9. The molecule has 1 aromatic rings. The van der Waals surface area contributed by atoms with Gasteiger partial charge in [-0.15, -0.1) is 12.4 Å². The Morgan fingerprint density at radius 3 is 1.91 bits per heavy atom. The van der Waals surface area contributed by atoms with Gasteiger partial charge in [0.2, 0.25) is 5.91 Å². The smallest absolute Gasteiger partial charge is 0.224 e. The number of carbonyl (C=O) groups is 1. The van der Waals surface area contributed by atoms with Crippen LogP contribution in [0.4, 0.5) is 0 Å². The lowest BCUT2D eigenvalue weighted by atomic mass is 9.93. The number of carbonyl (C=O) groups excluding carboxylic acids is 1. The highest BCUT2D eigenvalue weighted by Crippen LogP contribution is 2.24. The van der Waals surface area contributed by atoms with Crippen molar-refractivity contribution in [3.05, 3.63) is 35.4 Å². The van der Waals surface area contributed by atoms with E-state index in [1.165, 1.54) is 11.1 Å². The predicted molar refractivity (Wildman–Crippen MR) is 96.6 cm³/mol. The Morgan fingerprint density at radius 1 is 1.00 bits per heavy atom. The maximum atomic E-state index is 12.2. The minimum Gasteiger partial charge on any atom is -0.349 e. The van der Waals surface area contributed by atoms with Crippen molar-refractivity contribution < 1.29 is 4.79 Å². The van der Waals surface area contributed by atoms with Crippen LogP contribution in [-0.4, -0.2) is 19.5 Å². The van der Waals surface area contributed by atoms with Gasteiger partial charge >= 0.3 is 0 Å². The van der Waals surface area contributed by atoms with E-state index in [-0.39, 0.29) is 30.3 Å². The molecule has 0 saturated carbocycles. The maximum Gasteiger partial charge on any atom is 0.224 e. The fraction of sp³-hybridized carbons (Fsp3) is 0.611. The summed E-state index contributed by atoms with van der Waals surface area (Å²) in [5.41, 5.74) is 2.51. The molecule has 2 unspecified atom stereocenters. The average Bonchev–Trinajstić information content (AvgIpc) is 2.44. The summed E-state index contributed by atoms with van der Waals surface area (Å²) in [5.74, 6) is 0.976. The lowest BCUT2D eigenvalue weighted by molar-refractivity contribution is -0.125. The first-order valence-corrected chi connectivity index (χ1v) is 7.91. The number of hydrogen-bond donors (Lipinski definition) is 2. The van der Waals surface area contributed by atoms with E-state index in [0.717, 1.165) is 0 Å². The molecule has 0 aliphatic carbocycles. The number of amides is 1. The third kappa shape index (κ3) is 5.98. The molecule has 0 aliphatic heterocycles. The predicted octanol–water partition coefficient (Wildman–Crippen LogP) is 3.90. The van der Waals surface area contributed by atoms with Gasteiger partial charge in [-0.2, -0.15) is 0 Å². The zero-order valence-electron chi connectivity index (χ0n) is 14.6. The van der Waals surface area contributed by atoms with Crippen molar-refractivity contribution in [2.75, 3.05) is 13.6 Å². The van der Waals surface area contributed by atoms with Crippen LogP contribution in [0, 0.1) is 11.8 Å². The van der Waals surface area contributed by atoms with Crippen molar-refractivity contribution in [2.45, 2.75) is 46.6 Å². The Kier molecular flexibility index (Phi) is 9.38. The summed E-state index contributed by atoms with van der Waals surface area (Å²) >= 11 is 0. The van der Waals surface area contributed by atoms with E-state index in [0.29, 0.717) is 18.4 Å². The number of nitrogens with one attached hydrogen (secondary N) is 2. The van der Waals surface area contributed by atoms with Crippen molar-refractivity contribution in [1.82, 2.24) is 10.6 Å². The van der Waals surface area contributed by atoms with E-state index >= 15 is 0 Å². The van der Waals surface area contributed by atoms with Crippen molar-refractivity contribution in [1.29, 1.82) is 0 Å². The highest BCUT2D eigenvalue weighted by atomic mass is 35.5. The van der Waals surface area contributed by atoms with Crippen molar-refractivity contribution in [2.24, 2.45) is 11.8 Å². The second kappa shape index (κ2) is 9.86. The molecule has 2 N–H and O–H groups in total. The van der Waals surface area contributed by atoms with Gasteiger partial charge in [0.15, 0.2) is 0 Å². The second-order valence-electron chi connectivity index (χ2n) is 6.51. The Bertz CT molecular complexity index is 443. The second-order valence-corrected chi connectivity index (χ2v) is 6.51. The quantitative estimate of drug-likeness (QED) is 0.798. The standard InChI is InChI=1S/C18H30N2O.ClH/c1-12(2)15-7-9-16(10-8-15)17(13(3)4)20-18(21)14(5)11-19-6;/h7-10,12-14,17,19H,11H2,1-6H3,(H,20,21);1H. The minimum absolute atomic E-state index is 0. The van der Waals surface area contributed by atoms with E-state index < -0.39 is 0 Å². The molecule has 0 heterocycles. The van der Waals surface area contributed by atoms with Crippen LogP contribution in [-0.2, 0) is 4.79 Å². The topological polar surface area (TPSA) is 41.1 Å². The van der Waals surface area contributed by atoms with Crippen LogP contribution in [0.3, 0.4) is 0 Å². The fourth-order valence-electron chi connectivity index (χ4n) is 2.42. The molecule has 2 atom stereocenters. The van der Waals surface area contributed by atoms with Gasteiger partial charge in [-0.3, -0.25) is 4.79 Å². The van der Waals surface area contributed by atoms with E-state index in [4.69, 9.17) is 0 Å². The molecule has 0 aromatic heterocycles. The van der Waals surface area contributed by atoms with Crippen LogP contribution in [0.25, 0.3) is 0 Å². The van der Waals surface area contributed by atoms with Gasteiger partial charge in [0.25, 0.3) is 0 Å². The van der Waals surface area contributed by atoms with Gasteiger partial charge in [0.1, 0.15) is 0 Å². The van der Waals surface area contributed by atoms with E-state index in [1.807, 2.05) is 14.0 Å². The van der Waals surface area contributed by atoms with E-state index in [9.17, 15) is 4.79 Å². The fourth-order valence-corrected chi connectivity index (χ4v) is 2.42. The summed E-state index contributed by atoms with van der Waals surface area (Å²) in [6.45, 7) is 11.3. The van der Waals surface area contributed by atoms with Crippen LogP contribution < -0.4 is 10.6 Å². The molecule has 0 radical (unpaired) electrons. The summed E-state index contributed by atoms with van der Waals surface area (Å²) in [7, 11) is 1.87. The highest BCUT2D eigenvalue weighted by Gasteiger charge is 2.21. The molecule has 0 spiro atoms. The third-order valence-corrected chi connectivity index (χ3v) is 3.88. The molecule has 1 aromatic carbocycles. The molecular formula is C18H31ClN2O. The van der Waals surface area contributed by atoms with Gasteiger partial charge in [0.05, 0.1) is 6.04 Å². The third-order valence-electron chi connectivity index (χ3n) is 3.88. The zero-order valence-corrected chi connectivity index (χ0v) is 15.5. The number of hydrogen-bond acceptors (Lipinski definition) is 2. The molecule has 126 valence electrons. The maximum absolute atomic E-state index is 12.2. The van der Waals surface area contributed by atoms with E-state index in [1.54, 1.807) is 0 Å². The molecule has 0 fully saturated rings. The van der Waals surface area contributed by atoms with Gasteiger partial charge in [0, 0.05) is 12.5 Å². The summed E-state index contributed by atoms with van der Waals surface area (Å²) < 4.78 is 0. The Balaban J connectivity index is 0.00000441. The first-order valence-electron chi connectivity index (χ1n) is 7.91. The number of rotatable bonds is 7. The molecule has 0 bridgehead atoms. The molecule has 0 saturated heterocycles. The van der Waals surface area contributed by atoms with Crippen molar-refractivity contribution in [3.63, 3.8) is 0 Å². The average molecular weight is 327 g/mol. The van der Waals surface area contributed by atoms with Crippen molar-refractivity contribution in [3.8, 4) is 0 Å². The molecule has 1 amide bonds. The summed E-state index contributed by atoms with van der Waals surface area (Å²) in [4.78, 5) is 12.2. The lowest BCUT2D eigenvalue weighted by Crippen LogP contribution is -2.38. The molecule has 0 aliphatic rings. The summed E-state index contributed by atoms with van der Waals surface area (Å²) in [6.07, 6.45) is 0. The van der Waals surface area contributed by atoms with Gasteiger partial charge in [-0.05, 0) is 30.0 Å². The Hall–Kier alpha value is -1.06. The Labute approximate surface area is 141 Å². The molecular weight excluding hydrogens is 296 g/mol. The van der Waals surface area contributed by atoms with E-state index in [2.05, 4.69) is 62.6 Å². The minimum atomic E-state index is -0.0220. The monoisotopic (exact) mass is 326 g/mol. The first-order chi connectivity index (χ1) is 9.86. The van der Waals surface area contributed by atoms with Crippen LogP contribution in [0.15, 0.2) is 24.3 Å². The SMILES string of the molecule is CNCC(C)C(=O)NC(c1ccc(C(C)C)cc1)C(C)C.Cl. The lowest BCUT2D eigenvalue weighted by Gasteiger charge is -2.25. The number of benzene rings is 1. The summed E-state index contributed by atoms with van der Waals surface area (Å²) in [5, 5.41) is 6.24. The van der Waals surface area contributed by atoms with Crippen molar-refractivity contribution >= 4 is 18.3 Å². The largest absolute Gasteiger partial charge is 0.349 e. The molecule has 22 heavy (non-hydrogen) atoms. The van der Waals surface area contributed by atoms with Crippen LogP contribution in [0.5, 0.6) is 0 Å². The molecule has 3 nitrogen and oxygen atoms in total. The molecule has 4 heteroatoms. The van der Waals surface area contributed by atoms with Gasteiger partial charge < -0.3 is 10.6 Å². The van der Waals surface area contributed by atoms with Gasteiger partial charge in [-0.1, -0.05) is 58.9 Å². The highest BCUT2D eigenvalue weighted by molar-refractivity contribution is 5.85. The molecule has 1 rings (SSSR count). The van der Waals surface area contributed by atoms with Crippen LogP contribution in [0.2, 0.25) is 0 Å². The normalized spacial score (nSPS) is 13.6. The van der Waals surface area contributed by atoms with Crippen LogP contribution >= 0.6 is 12.4 Å². The summed E-state index contributed by atoms with van der Waals surface area (Å²) in [6, 6.07) is 8.68. The van der Waals surface area contributed by atoms with Crippen LogP contribution in [0.1, 0.15) is 57.7 Å². The zero-order chi connectivity index (χ0) is 16.0. The number of halogens is 1. The Morgan fingerprint density at radius 2 is 1.50 bits per heavy atom.